The molecule has 0 aliphatic rings. The summed E-state index contributed by atoms with van der Waals surface area (Å²) in [5.74, 6) is 0.908. The molecule has 0 fully saturated rings. The minimum atomic E-state index is -0.269. The van der Waals surface area contributed by atoms with E-state index in [0.717, 1.165) is 16.5 Å². The molecule has 0 unspecified atom stereocenters. The van der Waals surface area contributed by atoms with Gasteiger partial charge in [-0.3, -0.25) is 0 Å². The molecule has 0 bridgehead atoms. The lowest BCUT2D eigenvalue weighted by Gasteiger charge is -2.09. The van der Waals surface area contributed by atoms with Crippen LogP contribution in [0.2, 0.25) is 0 Å². The van der Waals surface area contributed by atoms with Gasteiger partial charge in [-0.25, -0.2) is 9.37 Å². The number of para-hydroxylation sites is 1. The number of fused-ring (bicyclic) bond motifs is 1. The second kappa shape index (κ2) is 5.25. The number of nitrogens with zero attached hydrogens (tertiary/aromatic N) is 2. The molecule has 20 heavy (non-hydrogen) atoms. The molecule has 1 heterocycles. The van der Waals surface area contributed by atoms with Gasteiger partial charge in [-0.05, 0) is 36.8 Å². The van der Waals surface area contributed by atoms with E-state index in [-0.39, 0.29) is 12.4 Å². The summed E-state index contributed by atoms with van der Waals surface area (Å²) in [6.07, 6.45) is 0. The minimum Gasteiger partial charge on any atom is -0.472 e. The van der Waals surface area contributed by atoms with Crippen molar-refractivity contribution in [3.63, 3.8) is 0 Å². The predicted octanol–water partition coefficient (Wildman–Crippen LogP) is 3.66. The summed E-state index contributed by atoms with van der Waals surface area (Å²) >= 11 is 0. The van der Waals surface area contributed by atoms with Crippen LogP contribution in [0.3, 0.4) is 0 Å². The normalized spacial score (nSPS) is 10.7. The van der Waals surface area contributed by atoms with Gasteiger partial charge in [0.1, 0.15) is 18.2 Å². The lowest BCUT2D eigenvalue weighted by atomic mass is 10.2. The molecule has 0 saturated heterocycles. The molecule has 1 aromatic heterocycles. The summed E-state index contributed by atoms with van der Waals surface area (Å²) < 4.78 is 18.9. The van der Waals surface area contributed by atoms with Gasteiger partial charge in [0.15, 0.2) is 0 Å². The van der Waals surface area contributed by atoms with E-state index in [1.54, 1.807) is 6.07 Å². The number of benzene rings is 2. The Hall–Kier alpha value is -2.49. The van der Waals surface area contributed by atoms with Crippen LogP contribution in [0.25, 0.3) is 10.9 Å². The van der Waals surface area contributed by atoms with Gasteiger partial charge >= 0.3 is 0 Å². The van der Waals surface area contributed by atoms with Crippen LogP contribution in [0.15, 0.2) is 48.5 Å². The van der Waals surface area contributed by atoms with Crippen LogP contribution in [-0.4, -0.2) is 9.97 Å². The van der Waals surface area contributed by atoms with Gasteiger partial charge in [-0.15, -0.1) is 0 Å². The number of halogens is 1. The minimum absolute atomic E-state index is 0.269. The average molecular weight is 268 g/mol. The molecule has 0 saturated carbocycles. The van der Waals surface area contributed by atoms with Crippen LogP contribution in [0.4, 0.5) is 4.39 Å². The van der Waals surface area contributed by atoms with Gasteiger partial charge < -0.3 is 4.74 Å². The van der Waals surface area contributed by atoms with E-state index in [4.69, 9.17) is 4.74 Å². The van der Waals surface area contributed by atoms with E-state index < -0.39 is 0 Å². The molecular weight excluding hydrogens is 255 g/mol. The molecule has 4 heteroatoms. The van der Waals surface area contributed by atoms with E-state index >= 15 is 0 Å². The summed E-state index contributed by atoms with van der Waals surface area (Å²) in [4.78, 5) is 8.67. The summed E-state index contributed by atoms with van der Waals surface area (Å²) in [5.41, 5.74) is 1.61. The van der Waals surface area contributed by atoms with Crippen LogP contribution < -0.4 is 4.74 Å². The van der Waals surface area contributed by atoms with E-state index in [2.05, 4.69) is 9.97 Å². The molecule has 0 N–H and O–H groups in total. The van der Waals surface area contributed by atoms with E-state index in [9.17, 15) is 4.39 Å². The third-order valence-electron chi connectivity index (χ3n) is 2.94. The Morgan fingerprint density at radius 1 is 1.05 bits per heavy atom. The molecule has 2 aromatic carbocycles. The highest BCUT2D eigenvalue weighted by Crippen LogP contribution is 2.22. The van der Waals surface area contributed by atoms with Crippen molar-refractivity contribution in [3.05, 3.63) is 65.7 Å². The van der Waals surface area contributed by atoms with Crippen LogP contribution in [0.1, 0.15) is 11.4 Å². The molecule has 0 aliphatic carbocycles. The van der Waals surface area contributed by atoms with E-state index in [1.807, 2.05) is 37.3 Å². The van der Waals surface area contributed by atoms with Gasteiger partial charge in [0, 0.05) is 0 Å². The van der Waals surface area contributed by atoms with Crippen molar-refractivity contribution in [1.82, 2.24) is 9.97 Å². The van der Waals surface area contributed by atoms with Crippen LogP contribution in [0, 0.1) is 12.7 Å². The van der Waals surface area contributed by atoms with Gasteiger partial charge in [0.25, 0.3) is 0 Å². The Morgan fingerprint density at radius 3 is 2.75 bits per heavy atom. The first-order chi connectivity index (χ1) is 9.72. The first kappa shape index (κ1) is 12.5. The Kier molecular flexibility index (Phi) is 3.29. The Bertz CT molecular complexity index is 758. The molecule has 0 spiro atoms. The Labute approximate surface area is 116 Å². The monoisotopic (exact) mass is 268 g/mol. The predicted molar refractivity (Wildman–Crippen MR) is 75.0 cm³/mol. The zero-order chi connectivity index (χ0) is 13.9. The summed E-state index contributed by atoms with van der Waals surface area (Å²) in [5, 5.41) is 0.856. The first-order valence-electron chi connectivity index (χ1n) is 6.33. The fraction of sp³-hybridized carbons (Fsp3) is 0.125. The van der Waals surface area contributed by atoms with Crippen LogP contribution in [-0.2, 0) is 6.61 Å². The Balaban J connectivity index is 1.91. The van der Waals surface area contributed by atoms with Gasteiger partial charge in [0.05, 0.1) is 10.9 Å². The highest BCUT2D eigenvalue weighted by molar-refractivity contribution is 5.83. The average Bonchev–Trinajstić information content (AvgIpc) is 2.44. The molecule has 3 rings (SSSR count). The van der Waals surface area contributed by atoms with Crippen LogP contribution in [0.5, 0.6) is 5.88 Å². The molecule has 3 aromatic rings. The third-order valence-corrected chi connectivity index (χ3v) is 2.94. The second-order valence-corrected chi connectivity index (χ2v) is 4.51. The largest absolute Gasteiger partial charge is 0.472 e. The SMILES string of the molecule is Cc1nc(OCc2cccc(F)c2)c2ccccc2n1. The number of aryl methyl sites for hydroxylation is 1. The third kappa shape index (κ3) is 2.59. The second-order valence-electron chi connectivity index (χ2n) is 4.51. The number of ether oxygens (including phenoxy) is 1. The molecule has 3 nitrogen and oxygen atoms in total. The highest BCUT2D eigenvalue weighted by atomic mass is 19.1. The highest BCUT2D eigenvalue weighted by Gasteiger charge is 2.06. The van der Waals surface area contributed by atoms with Crippen molar-refractivity contribution >= 4 is 10.9 Å². The number of hydrogen-bond acceptors (Lipinski definition) is 3. The topological polar surface area (TPSA) is 35.0 Å². The van der Waals surface area contributed by atoms with Gasteiger partial charge in [-0.2, -0.15) is 4.98 Å². The van der Waals surface area contributed by atoms with Crippen molar-refractivity contribution in [1.29, 1.82) is 0 Å². The maximum atomic E-state index is 13.1. The maximum absolute atomic E-state index is 13.1. The molecule has 0 aliphatic heterocycles. The Morgan fingerprint density at radius 2 is 1.90 bits per heavy atom. The van der Waals surface area contributed by atoms with Gasteiger partial charge in [-0.1, -0.05) is 24.3 Å². The van der Waals surface area contributed by atoms with Crippen molar-refractivity contribution in [2.45, 2.75) is 13.5 Å². The van der Waals surface area contributed by atoms with Crippen molar-refractivity contribution in [3.8, 4) is 5.88 Å². The quantitative estimate of drug-likeness (QED) is 0.727. The van der Waals surface area contributed by atoms with E-state index in [0.29, 0.717) is 11.7 Å². The zero-order valence-electron chi connectivity index (χ0n) is 11.0. The number of aromatic nitrogens is 2. The maximum Gasteiger partial charge on any atom is 0.225 e. The van der Waals surface area contributed by atoms with Crippen molar-refractivity contribution in [2.24, 2.45) is 0 Å². The fourth-order valence-electron chi connectivity index (χ4n) is 2.05. The molecule has 100 valence electrons. The molecule has 0 atom stereocenters. The lowest BCUT2D eigenvalue weighted by Crippen LogP contribution is -2.00. The molecule has 0 radical (unpaired) electrons. The summed E-state index contributed by atoms with van der Waals surface area (Å²) in [7, 11) is 0. The summed E-state index contributed by atoms with van der Waals surface area (Å²) in [6.45, 7) is 2.10. The van der Waals surface area contributed by atoms with Crippen molar-refractivity contribution < 1.29 is 9.13 Å². The van der Waals surface area contributed by atoms with E-state index in [1.165, 1.54) is 12.1 Å². The lowest BCUT2D eigenvalue weighted by molar-refractivity contribution is 0.296. The number of hydrogen-bond donors (Lipinski definition) is 0. The molecular formula is C16H13FN2O. The standard InChI is InChI=1S/C16H13FN2O/c1-11-18-15-8-3-2-7-14(15)16(19-11)20-10-12-5-4-6-13(17)9-12/h2-9H,10H2,1H3. The van der Waals surface area contributed by atoms with Crippen LogP contribution >= 0.6 is 0 Å². The zero-order valence-corrected chi connectivity index (χ0v) is 11.0. The summed E-state index contributed by atoms with van der Waals surface area (Å²) in [6, 6.07) is 14.0. The number of rotatable bonds is 3. The fourth-order valence-corrected chi connectivity index (χ4v) is 2.05. The van der Waals surface area contributed by atoms with Crippen molar-refractivity contribution in [2.75, 3.05) is 0 Å². The first-order valence-corrected chi connectivity index (χ1v) is 6.33. The van der Waals surface area contributed by atoms with Gasteiger partial charge in [0.2, 0.25) is 5.88 Å². The molecule has 0 amide bonds. The smallest absolute Gasteiger partial charge is 0.225 e.